The number of aliphatic hydroxyl groups is 11. The second kappa shape index (κ2) is 58.7. The molecular weight excluding hydrogens is 1230 g/mol. The Kier molecular flexibility index (Phi) is 54.1. The summed E-state index contributed by atoms with van der Waals surface area (Å²) in [5.74, 6) is -0.270. The van der Waals surface area contributed by atoms with Crippen LogP contribution < -0.4 is 5.32 Å². The number of allylic oxidation sites excluding steroid dienone is 3. The van der Waals surface area contributed by atoms with Crippen molar-refractivity contribution in [3.05, 3.63) is 24.3 Å². The minimum absolute atomic E-state index is 0.249. The van der Waals surface area contributed by atoms with E-state index < -0.39 is 124 Å². The number of amides is 1. The number of hydrogen-bond acceptors (Lipinski definition) is 18. The molecule has 19 heteroatoms. The monoisotopic (exact) mass is 1370 g/mol. The van der Waals surface area contributed by atoms with E-state index in [-0.39, 0.29) is 18.9 Å². The summed E-state index contributed by atoms with van der Waals surface area (Å²) in [6.45, 7) is 1.75. The summed E-state index contributed by atoms with van der Waals surface area (Å²) in [6.07, 6.45) is 43.6. The number of ether oxygens (including phenoxy) is 6. The van der Waals surface area contributed by atoms with Gasteiger partial charge in [0.05, 0.1) is 38.6 Å². The van der Waals surface area contributed by atoms with Gasteiger partial charge in [-0.3, -0.25) is 4.79 Å². The molecule has 12 N–H and O–H groups in total. The summed E-state index contributed by atoms with van der Waals surface area (Å²) in [5, 5.41) is 120. The van der Waals surface area contributed by atoms with Crippen LogP contribution in [0.5, 0.6) is 0 Å². The number of hydrogen-bond donors (Lipinski definition) is 12. The van der Waals surface area contributed by atoms with E-state index in [0.29, 0.717) is 6.42 Å². The van der Waals surface area contributed by atoms with Gasteiger partial charge in [-0.1, -0.05) is 301 Å². The molecule has 3 aliphatic rings. The van der Waals surface area contributed by atoms with Crippen LogP contribution in [-0.4, -0.2) is 193 Å². The Bertz CT molecular complexity index is 1830. The summed E-state index contributed by atoms with van der Waals surface area (Å²) in [6, 6.07) is -0.969. The van der Waals surface area contributed by atoms with E-state index >= 15 is 0 Å². The molecule has 3 rings (SSSR count). The van der Waals surface area contributed by atoms with Crippen molar-refractivity contribution in [1.29, 1.82) is 0 Å². The van der Waals surface area contributed by atoms with Crippen molar-refractivity contribution in [2.24, 2.45) is 0 Å². The fraction of sp³-hybridized carbons (Fsp3) is 0.935. The van der Waals surface area contributed by atoms with Gasteiger partial charge >= 0.3 is 0 Å². The standard InChI is InChI=1S/C77H145NO18/c1-3-5-7-9-11-13-15-17-18-19-20-21-22-23-24-25-26-27-28-29-30-31-32-33-34-35-36-37-38-39-40-41-42-43-45-47-49-51-53-55-65(83)78-60(61(82)54-52-50-48-46-44-16-14-12-10-8-6-4-2)59-91-75-71(89)68(86)73(63(57-80)93-75)96-77-72(90)69(87)74(64(58-81)94-77)95-76-70(88)67(85)66(84)62(56-79)92-76/h19-20,52,54,60-64,66-77,79-82,84-90H,3-18,21-51,53,55-59H2,1-2H3,(H,78,83)/b20-19-,54-52+. The average Bonchev–Trinajstić information content (AvgIpc) is 0.787. The molecule has 0 bridgehead atoms. The second-order valence-electron chi connectivity index (χ2n) is 28.5. The maximum atomic E-state index is 13.4. The molecule has 17 atom stereocenters. The van der Waals surface area contributed by atoms with E-state index in [1.54, 1.807) is 6.08 Å². The lowest BCUT2D eigenvalue weighted by Gasteiger charge is -2.48. The zero-order valence-corrected chi connectivity index (χ0v) is 60.4. The number of unbranched alkanes of at least 4 members (excludes halogenated alkanes) is 45. The maximum Gasteiger partial charge on any atom is 0.220 e. The first-order chi connectivity index (χ1) is 46.8. The molecule has 1 amide bonds. The zero-order chi connectivity index (χ0) is 69.6. The summed E-state index contributed by atoms with van der Waals surface area (Å²) >= 11 is 0. The van der Waals surface area contributed by atoms with Crippen LogP contribution in [-0.2, 0) is 33.2 Å². The second-order valence-corrected chi connectivity index (χ2v) is 28.5. The fourth-order valence-electron chi connectivity index (χ4n) is 13.6. The first kappa shape index (κ1) is 88.5. The van der Waals surface area contributed by atoms with Gasteiger partial charge in [0.2, 0.25) is 5.91 Å². The van der Waals surface area contributed by atoms with E-state index in [4.69, 9.17) is 28.4 Å². The van der Waals surface area contributed by atoms with Gasteiger partial charge in [0.15, 0.2) is 18.9 Å². The zero-order valence-electron chi connectivity index (χ0n) is 60.4. The van der Waals surface area contributed by atoms with E-state index in [2.05, 4.69) is 31.3 Å². The molecule has 0 spiro atoms. The lowest BCUT2D eigenvalue weighted by molar-refractivity contribution is -0.379. The van der Waals surface area contributed by atoms with Crippen LogP contribution in [0, 0.1) is 0 Å². The van der Waals surface area contributed by atoms with Crippen LogP contribution in [0.3, 0.4) is 0 Å². The molecular formula is C77H145NO18. The van der Waals surface area contributed by atoms with Gasteiger partial charge in [-0.2, -0.15) is 0 Å². The molecule has 0 aliphatic carbocycles. The normalized spacial score (nSPS) is 27.1. The SMILES string of the molecule is CCCCCCCCCC/C=C\CCCCCCCCCCCCCCCCCCCCCCCCCCCCCC(=O)NC(COC1OC(CO)C(OC2OC(CO)C(OC3OC(CO)C(O)C(O)C3O)C(O)C2O)C(O)C1O)C(O)/C=C/CCCCCCCCCCCC. The number of nitrogens with one attached hydrogen (secondary N) is 1. The quantitative estimate of drug-likeness (QED) is 0.0199. The Balaban J connectivity index is 1.27. The van der Waals surface area contributed by atoms with Crippen molar-refractivity contribution < 1.29 is 89.4 Å². The van der Waals surface area contributed by atoms with Crippen LogP contribution >= 0.6 is 0 Å². The highest BCUT2D eigenvalue weighted by Gasteiger charge is 2.53. The predicted octanol–water partition coefficient (Wildman–Crippen LogP) is 12.6. The number of carbonyl (C=O) groups is 1. The summed E-state index contributed by atoms with van der Waals surface area (Å²) < 4.78 is 34.4. The van der Waals surface area contributed by atoms with Crippen molar-refractivity contribution in [2.75, 3.05) is 26.4 Å². The third kappa shape index (κ3) is 39.1. The van der Waals surface area contributed by atoms with Gasteiger partial charge in [0.25, 0.3) is 0 Å². The van der Waals surface area contributed by atoms with Crippen LogP contribution in [0.1, 0.15) is 328 Å². The van der Waals surface area contributed by atoms with Gasteiger partial charge < -0.3 is 89.9 Å². The Morgan fingerprint density at radius 1 is 0.365 bits per heavy atom. The van der Waals surface area contributed by atoms with Crippen LogP contribution in [0.15, 0.2) is 24.3 Å². The van der Waals surface area contributed by atoms with E-state index in [1.165, 1.54) is 257 Å². The maximum absolute atomic E-state index is 13.4. The molecule has 0 aromatic carbocycles. The highest BCUT2D eigenvalue weighted by molar-refractivity contribution is 5.76. The van der Waals surface area contributed by atoms with Crippen LogP contribution in [0.2, 0.25) is 0 Å². The number of rotatable bonds is 63. The Hall–Kier alpha value is -1.73. The lowest BCUT2D eigenvalue weighted by atomic mass is 9.96. The van der Waals surface area contributed by atoms with Gasteiger partial charge in [0, 0.05) is 6.42 Å². The van der Waals surface area contributed by atoms with Gasteiger partial charge in [-0.05, 0) is 44.9 Å². The Morgan fingerprint density at radius 3 is 1.01 bits per heavy atom. The molecule has 19 nitrogen and oxygen atoms in total. The Morgan fingerprint density at radius 2 is 0.656 bits per heavy atom. The van der Waals surface area contributed by atoms with Crippen LogP contribution in [0.4, 0.5) is 0 Å². The fourth-order valence-corrected chi connectivity index (χ4v) is 13.6. The van der Waals surface area contributed by atoms with E-state index in [0.717, 1.165) is 44.9 Å². The largest absolute Gasteiger partial charge is 0.394 e. The third-order valence-electron chi connectivity index (χ3n) is 20.0. The Labute approximate surface area is 581 Å². The van der Waals surface area contributed by atoms with E-state index in [9.17, 15) is 61.0 Å². The molecule has 566 valence electrons. The molecule has 0 aromatic heterocycles. The van der Waals surface area contributed by atoms with Crippen molar-refractivity contribution in [3.63, 3.8) is 0 Å². The summed E-state index contributed by atoms with van der Waals surface area (Å²) in [4.78, 5) is 13.4. The highest BCUT2D eigenvalue weighted by atomic mass is 16.8. The molecule has 96 heavy (non-hydrogen) atoms. The molecule has 3 aliphatic heterocycles. The molecule has 3 saturated heterocycles. The molecule has 17 unspecified atom stereocenters. The minimum Gasteiger partial charge on any atom is -0.394 e. The van der Waals surface area contributed by atoms with Crippen molar-refractivity contribution in [2.45, 2.75) is 433 Å². The van der Waals surface area contributed by atoms with Gasteiger partial charge in [0.1, 0.15) is 73.2 Å². The smallest absolute Gasteiger partial charge is 0.220 e. The summed E-state index contributed by atoms with van der Waals surface area (Å²) in [7, 11) is 0. The van der Waals surface area contributed by atoms with E-state index in [1.807, 2.05) is 6.08 Å². The lowest BCUT2D eigenvalue weighted by Crippen LogP contribution is -2.66. The topological polar surface area (TPSA) is 307 Å². The van der Waals surface area contributed by atoms with Crippen molar-refractivity contribution in [3.8, 4) is 0 Å². The predicted molar refractivity (Wildman–Crippen MR) is 379 cm³/mol. The van der Waals surface area contributed by atoms with Crippen LogP contribution in [0.25, 0.3) is 0 Å². The van der Waals surface area contributed by atoms with Crippen molar-refractivity contribution in [1.82, 2.24) is 5.32 Å². The molecule has 0 saturated carbocycles. The average molecular weight is 1370 g/mol. The van der Waals surface area contributed by atoms with Crippen molar-refractivity contribution >= 4 is 5.91 Å². The molecule has 0 aromatic rings. The number of carbonyl (C=O) groups excluding carboxylic acids is 1. The molecule has 0 radical (unpaired) electrons. The minimum atomic E-state index is -1.98. The number of aliphatic hydroxyl groups excluding tert-OH is 11. The first-order valence-electron chi connectivity index (χ1n) is 39.6. The molecule has 3 heterocycles. The van der Waals surface area contributed by atoms with Gasteiger partial charge in [-0.15, -0.1) is 0 Å². The highest BCUT2D eigenvalue weighted by Crippen LogP contribution is 2.33. The summed E-state index contributed by atoms with van der Waals surface area (Å²) in [5.41, 5.74) is 0. The molecule has 3 fully saturated rings. The first-order valence-corrected chi connectivity index (χ1v) is 39.6. The van der Waals surface area contributed by atoms with Gasteiger partial charge in [-0.25, -0.2) is 0 Å². The third-order valence-corrected chi connectivity index (χ3v) is 20.0.